The largest absolute Gasteiger partial charge is 0.378 e. The highest BCUT2D eigenvalue weighted by Gasteiger charge is 2.13. The molecule has 0 saturated carbocycles. The average Bonchev–Trinajstić information content (AvgIpc) is 2.86. The van der Waals surface area contributed by atoms with Crippen LogP contribution >= 0.6 is 11.6 Å². The standard InChI is InChI=1S/C18H17ClN2O/c1-12-7-8-13(9-16(12)19)20-10-18(22)15-11-21(2)17-6-4-3-5-14(15)17/h3-9,11,20H,10H2,1-2H3. The van der Waals surface area contributed by atoms with Crippen LogP contribution in [0, 0.1) is 6.92 Å². The molecule has 22 heavy (non-hydrogen) atoms. The van der Waals surface area contributed by atoms with Crippen LogP contribution in [0.3, 0.4) is 0 Å². The average molecular weight is 313 g/mol. The summed E-state index contributed by atoms with van der Waals surface area (Å²) in [7, 11) is 1.95. The number of benzene rings is 2. The second kappa shape index (κ2) is 5.85. The van der Waals surface area contributed by atoms with Crippen molar-refractivity contribution in [1.29, 1.82) is 0 Å². The van der Waals surface area contributed by atoms with Gasteiger partial charge in [0.15, 0.2) is 5.78 Å². The molecule has 0 radical (unpaired) electrons. The van der Waals surface area contributed by atoms with Crippen molar-refractivity contribution in [1.82, 2.24) is 4.57 Å². The van der Waals surface area contributed by atoms with Gasteiger partial charge in [0.25, 0.3) is 0 Å². The fourth-order valence-electron chi connectivity index (χ4n) is 2.54. The minimum Gasteiger partial charge on any atom is -0.378 e. The summed E-state index contributed by atoms with van der Waals surface area (Å²) in [4.78, 5) is 12.5. The second-order valence-electron chi connectivity index (χ2n) is 5.41. The lowest BCUT2D eigenvalue weighted by Crippen LogP contribution is -2.13. The molecule has 0 fully saturated rings. The number of hydrogen-bond acceptors (Lipinski definition) is 2. The zero-order valence-corrected chi connectivity index (χ0v) is 13.3. The van der Waals surface area contributed by atoms with Gasteiger partial charge in [-0.2, -0.15) is 0 Å². The van der Waals surface area contributed by atoms with Gasteiger partial charge >= 0.3 is 0 Å². The third-order valence-electron chi connectivity index (χ3n) is 3.82. The topological polar surface area (TPSA) is 34.0 Å². The highest BCUT2D eigenvalue weighted by Crippen LogP contribution is 2.22. The number of aryl methyl sites for hydroxylation is 2. The number of halogens is 1. The Balaban J connectivity index is 1.80. The quantitative estimate of drug-likeness (QED) is 0.723. The molecule has 0 aliphatic heterocycles. The highest BCUT2D eigenvalue weighted by atomic mass is 35.5. The number of hydrogen-bond donors (Lipinski definition) is 1. The molecule has 4 heteroatoms. The summed E-state index contributed by atoms with van der Waals surface area (Å²) in [5.41, 5.74) is 3.67. The van der Waals surface area contributed by atoms with E-state index in [9.17, 15) is 4.79 Å². The Morgan fingerprint density at radius 3 is 2.77 bits per heavy atom. The molecule has 2 aromatic carbocycles. The SMILES string of the molecule is Cc1ccc(NCC(=O)c2cn(C)c3ccccc23)cc1Cl. The first kappa shape index (κ1) is 14.7. The van der Waals surface area contributed by atoms with Gasteiger partial charge in [0.05, 0.1) is 6.54 Å². The third-order valence-corrected chi connectivity index (χ3v) is 4.23. The summed E-state index contributed by atoms with van der Waals surface area (Å²) in [6.45, 7) is 2.20. The maximum absolute atomic E-state index is 12.5. The lowest BCUT2D eigenvalue weighted by atomic mass is 10.1. The van der Waals surface area contributed by atoms with Crippen molar-refractivity contribution in [2.45, 2.75) is 6.92 Å². The van der Waals surface area contributed by atoms with Crippen LogP contribution in [0.15, 0.2) is 48.7 Å². The van der Waals surface area contributed by atoms with E-state index in [1.165, 1.54) is 0 Å². The second-order valence-corrected chi connectivity index (χ2v) is 5.82. The summed E-state index contributed by atoms with van der Waals surface area (Å²) in [5.74, 6) is 0.0634. The molecule has 1 N–H and O–H groups in total. The van der Waals surface area contributed by atoms with E-state index in [4.69, 9.17) is 11.6 Å². The Morgan fingerprint density at radius 2 is 2.00 bits per heavy atom. The first-order valence-electron chi connectivity index (χ1n) is 7.13. The number of nitrogens with zero attached hydrogens (tertiary/aromatic N) is 1. The van der Waals surface area contributed by atoms with Crippen molar-refractivity contribution >= 4 is 34.0 Å². The van der Waals surface area contributed by atoms with Gasteiger partial charge in [-0.25, -0.2) is 0 Å². The number of ketones is 1. The summed E-state index contributed by atoms with van der Waals surface area (Å²) < 4.78 is 1.98. The molecular formula is C18H17ClN2O. The Kier molecular flexibility index (Phi) is 3.90. The molecule has 1 heterocycles. The van der Waals surface area contributed by atoms with Crippen LogP contribution in [-0.2, 0) is 7.05 Å². The van der Waals surface area contributed by atoms with Crippen molar-refractivity contribution in [3.05, 3.63) is 64.8 Å². The molecule has 0 amide bonds. The number of fused-ring (bicyclic) bond motifs is 1. The number of nitrogens with one attached hydrogen (secondary N) is 1. The summed E-state index contributed by atoms with van der Waals surface area (Å²) in [5, 5.41) is 4.82. The van der Waals surface area contributed by atoms with E-state index in [-0.39, 0.29) is 12.3 Å². The number of aromatic nitrogens is 1. The van der Waals surface area contributed by atoms with Crippen LogP contribution in [-0.4, -0.2) is 16.9 Å². The molecule has 3 aromatic rings. The number of Topliss-reactive ketones (excluding diaryl/α,β-unsaturated/α-hetero) is 1. The van der Waals surface area contributed by atoms with Gasteiger partial charge in [-0.15, -0.1) is 0 Å². The van der Waals surface area contributed by atoms with E-state index in [1.54, 1.807) is 0 Å². The number of anilines is 1. The fourth-order valence-corrected chi connectivity index (χ4v) is 2.72. The van der Waals surface area contributed by atoms with E-state index in [2.05, 4.69) is 5.32 Å². The van der Waals surface area contributed by atoms with Crippen LogP contribution in [0.5, 0.6) is 0 Å². The first-order valence-corrected chi connectivity index (χ1v) is 7.51. The molecule has 0 spiro atoms. The van der Waals surface area contributed by atoms with Crippen LogP contribution < -0.4 is 5.32 Å². The van der Waals surface area contributed by atoms with Crippen LogP contribution in [0.2, 0.25) is 5.02 Å². The molecule has 1 aromatic heterocycles. The minimum atomic E-state index is 0.0634. The molecule has 0 aliphatic rings. The summed E-state index contributed by atoms with van der Waals surface area (Å²) in [6, 6.07) is 13.6. The maximum atomic E-state index is 12.5. The third kappa shape index (κ3) is 2.72. The van der Waals surface area contributed by atoms with Crippen molar-refractivity contribution in [2.24, 2.45) is 7.05 Å². The van der Waals surface area contributed by atoms with Gasteiger partial charge in [0.1, 0.15) is 0 Å². The van der Waals surface area contributed by atoms with Crippen molar-refractivity contribution < 1.29 is 4.79 Å². The number of carbonyl (C=O) groups excluding carboxylic acids is 1. The highest BCUT2D eigenvalue weighted by molar-refractivity contribution is 6.31. The predicted molar refractivity (Wildman–Crippen MR) is 91.9 cm³/mol. The fraction of sp³-hybridized carbons (Fsp3) is 0.167. The Morgan fingerprint density at radius 1 is 1.23 bits per heavy atom. The normalized spacial score (nSPS) is 10.9. The van der Waals surface area contributed by atoms with Gasteiger partial charge in [-0.05, 0) is 30.7 Å². The van der Waals surface area contributed by atoms with Gasteiger partial charge in [0.2, 0.25) is 0 Å². The van der Waals surface area contributed by atoms with Crippen molar-refractivity contribution in [3.63, 3.8) is 0 Å². The Bertz CT molecular complexity index is 851. The Labute approximate surface area is 134 Å². The van der Waals surface area contributed by atoms with E-state index in [1.807, 2.05) is 67.2 Å². The van der Waals surface area contributed by atoms with Gasteiger partial charge in [0, 0.05) is 40.4 Å². The lowest BCUT2D eigenvalue weighted by Gasteiger charge is -2.07. The van der Waals surface area contributed by atoms with Crippen LogP contribution in [0.4, 0.5) is 5.69 Å². The molecule has 0 unspecified atom stereocenters. The smallest absolute Gasteiger partial charge is 0.184 e. The zero-order chi connectivity index (χ0) is 15.7. The number of rotatable bonds is 4. The molecule has 0 bridgehead atoms. The monoisotopic (exact) mass is 312 g/mol. The molecule has 0 saturated heterocycles. The first-order chi connectivity index (χ1) is 10.6. The molecule has 3 rings (SSSR count). The minimum absolute atomic E-state index is 0.0634. The zero-order valence-electron chi connectivity index (χ0n) is 12.6. The molecular weight excluding hydrogens is 296 g/mol. The molecule has 112 valence electrons. The molecule has 0 atom stereocenters. The van der Waals surface area contributed by atoms with Gasteiger partial charge in [-0.3, -0.25) is 4.79 Å². The van der Waals surface area contributed by atoms with E-state index in [0.717, 1.165) is 27.7 Å². The summed E-state index contributed by atoms with van der Waals surface area (Å²) in [6.07, 6.45) is 1.89. The van der Waals surface area contributed by atoms with E-state index < -0.39 is 0 Å². The van der Waals surface area contributed by atoms with Crippen molar-refractivity contribution in [3.8, 4) is 0 Å². The summed E-state index contributed by atoms with van der Waals surface area (Å²) >= 11 is 6.10. The molecule has 0 aliphatic carbocycles. The van der Waals surface area contributed by atoms with E-state index >= 15 is 0 Å². The maximum Gasteiger partial charge on any atom is 0.184 e. The van der Waals surface area contributed by atoms with Gasteiger partial charge < -0.3 is 9.88 Å². The van der Waals surface area contributed by atoms with Crippen molar-refractivity contribution in [2.75, 3.05) is 11.9 Å². The lowest BCUT2D eigenvalue weighted by molar-refractivity contribution is 0.101. The predicted octanol–water partition coefficient (Wildman–Crippen LogP) is 4.43. The van der Waals surface area contributed by atoms with E-state index in [0.29, 0.717) is 5.02 Å². The number of para-hydroxylation sites is 1. The van der Waals surface area contributed by atoms with Gasteiger partial charge in [-0.1, -0.05) is 35.9 Å². The Hall–Kier alpha value is -2.26. The number of carbonyl (C=O) groups is 1. The van der Waals surface area contributed by atoms with Crippen LogP contribution in [0.1, 0.15) is 15.9 Å². The molecule has 3 nitrogen and oxygen atoms in total. The van der Waals surface area contributed by atoms with Crippen LogP contribution in [0.25, 0.3) is 10.9 Å².